The van der Waals surface area contributed by atoms with E-state index in [4.69, 9.17) is 4.98 Å². The summed E-state index contributed by atoms with van der Waals surface area (Å²) in [5, 5.41) is 12.3. The predicted octanol–water partition coefficient (Wildman–Crippen LogP) is 7.68. The van der Waals surface area contributed by atoms with Crippen molar-refractivity contribution in [3.05, 3.63) is 84.7 Å². The van der Waals surface area contributed by atoms with Crippen molar-refractivity contribution >= 4 is 21.9 Å². The van der Waals surface area contributed by atoms with Crippen molar-refractivity contribution in [2.24, 2.45) is 5.92 Å². The van der Waals surface area contributed by atoms with Gasteiger partial charge in [-0.3, -0.25) is 15.1 Å². The summed E-state index contributed by atoms with van der Waals surface area (Å²) in [5.41, 5.74) is 8.21. The highest BCUT2D eigenvalue weighted by atomic mass is 19.1. The molecule has 7 rings (SSSR count). The Bertz CT molecular complexity index is 1760. The molecule has 0 saturated heterocycles. The molecule has 0 radical (unpaired) electrons. The van der Waals surface area contributed by atoms with Crippen LogP contribution in [0.2, 0.25) is 0 Å². The molecular weight excluding hydrogens is 513 g/mol. The van der Waals surface area contributed by atoms with E-state index in [9.17, 15) is 4.39 Å². The summed E-state index contributed by atoms with van der Waals surface area (Å²) >= 11 is 0. The fourth-order valence-electron chi connectivity index (χ4n) is 5.64. The van der Waals surface area contributed by atoms with Crippen LogP contribution < -0.4 is 5.32 Å². The molecule has 6 aromatic rings. The Labute approximate surface area is 238 Å². The normalized spacial score (nSPS) is 13.5. The maximum atomic E-state index is 13.5. The molecule has 4 aromatic heterocycles. The van der Waals surface area contributed by atoms with Crippen LogP contribution in [0.1, 0.15) is 45.1 Å². The quantitative estimate of drug-likeness (QED) is 0.191. The Hall–Kier alpha value is -4.43. The first-order valence-corrected chi connectivity index (χ1v) is 14.4. The molecule has 0 bridgehead atoms. The SMILES string of the molecule is CC.Fc1ccc(-c2cncc3[nH]c(-c4n[nH]c5ccc(-c6cncc(CNCC7CCCC7)c6)cc45)nc23)cc1. The zero-order valence-corrected chi connectivity index (χ0v) is 23.4. The number of pyridine rings is 2. The lowest BCUT2D eigenvalue weighted by Crippen LogP contribution is -2.20. The molecule has 0 spiro atoms. The van der Waals surface area contributed by atoms with Crippen molar-refractivity contribution in [3.63, 3.8) is 0 Å². The molecule has 8 heteroatoms. The van der Waals surface area contributed by atoms with Gasteiger partial charge in [0.15, 0.2) is 5.82 Å². The van der Waals surface area contributed by atoms with Gasteiger partial charge in [-0.2, -0.15) is 5.10 Å². The third-order valence-electron chi connectivity index (χ3n) is 7.70. The van der Waals surface area contributed by atoms with E-state index in [0.29, 0.717) is 5.82 Å². The van der Waals surface area contributed by atoms with Gasteiger partial charge in [-0.05, 0) is 72.3 Å². The lowest BCUT2D eigenvalue weighted by Gasteiger charge is -2.11. The van der Waals surface area contributed by atoms with Crippen molar-refractivity contribution in [2.75, 3.05) is 6.54 Å². The minimum atomic E-state index is -0.276. The van der Waals surface area contributed by atoms with E-state index in [1.807, 2.05) is 32.3 Å². The van der Waals surface area contributed by atoms with Gasteiger partial charge in [0, 0.05) is 41.6 Å². The first-order valence-electron chi connectivity index (χ1n) is 14.4. The highest BCUT2D eigenvalue weighted by Gasteiger charge is 2.17. The third kappa shape index (κ3) is 5.60. The standard InChI is InChI=1S/C31H28FN7.C2H6/c32-24-8-5-21(6-9-24)26-17-35-18-28-29(26)37-31(36-28)30-25-12-22(7-10-27(25)38-39-30)23-11-20(15-34-16-23)14-33-13-19-3-1-2-4-19;1-2/h5-12,15-19,33H,1-4,13-14H2,(H,36,37)(H,38,39);1-2H3. The Balaban J connectivity index is 0.00000148. The Morgan fingerprint density at radius 3 is 2.46 bits per heavy atom. The minimum Gasteiger partial charge on any atom is -0.335 e. The van der Waals surface area contributed by atoms with Gasteiger partial charge in [-0.1, -0.05) is 44.9 Å². The average molecular weight is 548 g/mol. The number of nitrogens with zero attached hydrogens (tertiary/aromatic N) is 4. The Morgan fingerprint density at radius 2 is 1.63 bits per heavy atom. The number of rotatable bonds is 7. The number of benzene rings is 2. The zero-order valence-electron chi connectivity index (χ0n) is 23.4. The Morgan fingerprint density at radius 1 is 0.854 bits per heavy atom. The molecule has 0 unspecified atom stereocenters. The molecular formula is C33H34FN7. The van der Waals surface area contributed by atoms with Gasteiger partial charge in [-0.15, -0.1) is 0 Å². The molecule has 0 aliphatic heterocycles. The summed E-state index contributed by atoms with van der Waals surface area (Å²) in [6.45, 7) is 5.89. The van der Waals surface area contributed by atoms with Crippen LogP contribution in [0.15, 0.2) is 73.3 Å². The summed E-state index contributed by atoms with van der Waals surface area (Å²) < 4.78 is 13.5. The smallest absolute Gasteiger partial charge is 0.159 e. The molecule has 1 aliphatic rings. The van der Waals surface area contributed by atoms with Crippen molar-refractivity contribution in [2.45, 2.75) is 46.1 Å². The van der Waals surface area contributed by atoms with Crippen LogP contribution in [-0.2, 0) is 6.54 Å². The monoisotopic (exact) mass is 547 g/mol. The van der Waals surface area contributed by atoms with Crippen molar-refractivity contribution < 1.29 is 4.39 Å². The van der Waals surface area contributed by atoms with Crippen LogP contribution in [0.4, 0.5) is 4.39 Å². The van der Waals surface area contributed by atoms with E-state index in [1.165, 1.54) is 43.4 Å². The van der Waals surface area contributed by atoms with E-state index in [1.54, 1.807) is 24.5 Å². The van der Waals surface area contributed by atoms with Crippen molar-refractivity contribution in [3.8, 4) is 33.8 Å². The lowest BCUT2D eigenvalue weighted by molar-refractivity contribution is 0.489. The molecule has 208 valence electrons. The first kappa shape index (κ1) is 26.8. The molecule has 0 atom stereocenters. The van der Waals surface area contributed by atoms with Gasteiger partial charge in [0.2, 0.25) is 0 Å². The fraction of sp³-hybridized carbons (Fsp3) is 0.273. The van der Waals surface area contributed by atoms with Gasteiger partial charge in [0.05, 0.1) is 22.7 Å². The molecule has 0 amide bonds. The largest absolute Gasteiger partial charge is 0.335 e. The molecule has 1 fully saturated rings. The van der Waals surface area contributed by atoms with E-state index >= 15 is 0 Å². The number of H-pyrrole nitrogens is 2. The molecule has 7 nitrogen and oxygen atoms in total. The van der Waals surface area contributed by atoms with Crippen LogP contribution in [0, 0.1) is 11.7 Å². The highest BCUT2D eigenvalue weighted by Crippen LogP contribution is 2.33. The number of nitrogens with one attached hydrogen (secondary N) is 3. The summed E-state index contributed by atoms with van der Waals surface area (Å²) in [7, 11) is 0. The number of aromatic nitrogens is 6. The summed E-state index contributed by atoms with van der Waals surface area (Å²) in [6.07, 6.45) is 12.8. The van der Waals surface area contributed by atoms with E-state index in [2.05, 4.69) is 48.7 Å². The van der Waals surface area contributed by atoms with E-state index in [-0.39, 0.29) is 5.82 Å². The highest BCUT2D eigenvalue weighted by molar-refractivity contribution is 5.98. The molecule has 3 N–H and O–H groups in total. The number of aromatic amines is 2. The average Bonchev–Trinajstić information content (AvgIpc) is 3.78. The maximum Gasteiger partial charge on any atom is 0.159 e. The molecule has 41 heavy (non-hydrogen) atoms. The molecule has 4 heterocycles. The second kappa shape index (κ2) is 12.0. The van der Waals surface area contributed by atoms with Crippen LogP contribution >= 0.6 is 0 Å². The van der Waals surface area contributed by atoms with E-state index < -0.39 is 0 Å². The molecule has 1 aliphatic carbocycles. The second-order valence-electron chi connectivity index (χ2n) is 10.4. The zero-order chi connectivity index (χ0) is 28.2. The summed E-state index contributed by atoms with van der Waals surface area (Å²) in [6, 6.07) is 14.8. The van der Waals surface area contributed by atoms with Crippen LogP contribution in [-0.4, -0.2) is 36.7 Å². The number of hydrogen-bond acceptors (Lipinski definition) is 5. The summed E-state index contributed by atoms with van der Waals surface area (Å²) in [4.78, 5) is 17.2. The molecule has 1 saturated carbocycles. The van der Waals surface area contributed by atoms with Gasteiger partial charge in [0.25, 0.3) is 0 Å². The number of halogens is 1. The first-order chi connectivity index (χ1) is 20.2. The van der Waals surface area contributed by atoms with E-state index in [0.717, 1.165) is 68.9 Å². The number of fused-ring (bicyclic) bond motifs is 2. The van der Waals surface area contributed by atoms with Crippen molar-refractivity contribution in [1.29, 1.82) is 0 Å². The lowest BCUT2D eigenvalue weighted by atomic mass is 10.0. The predicted molar refractivity (Wildman–Crippen MR) is 163 cm³/mol. The van der Waals surface area contributed by atoms with Crippen LogP contribution in [0.3, 0.4) is 0 Å². The van der Waals surface area contributed by atoms with Gasteiger partial charge in [0.1, 0.15) is 11.5 Å². The minimum absolute atomic E-state index is 0.276. The molecule has 2 aromatic carbocycles. The maximum absolute atomic E-state index is 13.5. The van der Waals surface area contributed by atoms with Crippen LogP contribution in [0.25, 0.3) is 55.7 Å². The number of imidazole rings is 1. The van der Waals surface area contributed by atoms with Gasteiger partial charge in [-0.25, -0.2) is 9.37 Å². The van der Waals surface area contributed by atoms with Gasteiger partial charge < -0.3 is 10.3 Å². The van der Waals surface area contributed by atoms with Crippen LogP contribution in [0.5, 0.6) is 0 Å². The topological polar surface area (TPSA) is 95.2 Å². The number of hydrogen-bond donors (Lipinski definition) is 3. The fourth-order valence-corrected chi connectivity index (χ4v) is 5.64. The second-order valence-corrected chi connectivity index (χ2v) is 10.4. The summed E-state index contributed by atoms with van der Waals surface area (Å²) in [5.74, 6) is 1.18. The third-order valence-corrected chi connectivity index (χ3v) is 7.70. The van der Waals surface area contributed by atoms with Gasteiger partial charge >= 0.3 is 0 Å². The van der Waals surface area contributed by atoms with Crippen molar-refractivity contribution in [1.82, 2.24) is 35.5 Å². The Kier molecular flexibility index (Phi) is 7.82.